The van der Waals surface area contributed by atoms with E-state index in [1.807, 2.05) is 0 Å². The molecule has 6 nitrogen and oxygen atoms in total. The van der Waals surface area contributed by atoms with Gasteiger partial charge in [-0.25, -0.2) is 4.21 Å². The molecule has 3 N–H and O–H groups in total. The quantitative estimate of drug-likeness (QED) is 0.255. The fourth-order valence-corrected chi connectivity index (χ4v) is 9.83. The van der Waals surface area contributed by atoms with Crippen LogP contribution in [0.15, 0.2) is 81.7 Å². The number of rotatable bonds is 6. The predicted molar refractivity (Wildman–Crippen MR) is 127 cm³/mol. The third-order valence-corrected chi connectivity index (χ3v) is 11.4. The number of nitrogens with one attached hydrogen (secondary N) is 1. The summed E-state index contributed by atoms with van der Waals surface area (Å²) in [6.45, 7) is 1.77. The number of nitrogens with zero attached hydrogens (tertiary/aromatic N) is 1. The molecular weight excluding hydrogens is 526 g/mol. The lowest BCUT2D eigenvalue weighted by Crippen LogP contribution is -2.10. The first-order valence-electron chi connectivity index (χ1n) is 8.45. The SMILES string of the molecule is CSc1sc(C(=N)N)cc1S(=O)(=NS(=O)(=O)c1cccc(C)c1)c1cccc(Br)c1. The van der Waals surface area contributed by atoms with Crippen molar-refractivity contribution in [2.45, 2.75) is 25.8 Å². The summed E-state index contributed by atoms with van der Waals surface area (Å²) in [4.78, 5) is 0.856. The van der Waals surface area contributed by atoms with Gasteiger partial charge in [0.15, 0.2) is 0 Å². The molecule has 0 spiro atoms. The van der Waals surface area contributed by atoms with Gasteiger partial charge in [-0.2, -0.15) is 8.42 Å². The molecule has 0 bridgehead atoms. The highest BCUT2D eigenvalue weighted by atomic mass is 79.9. The van der Waals surface area contributed by atoms with Gasteiger partial charge >= 0.3 is 0 Å². The first-order chi connectivity index (χ1) is 14.1. The third-order valence-electron chi connectivity index (χ3n) is 4.02. The number of sulfonamides is 1. The van der Waals surface area contributed by atoms with Crippen LogP contribution in [0.3, 0.4) is 0 Å². The van der Waals surface area contributed by atoms with Crippen LogP contribution >= 0.6 is 39.0 Å². The van der Waals surface area contributed by atoms with E-state index in [0.717, 1.165) is 5.56 Å². The minimum absolute atomic E-state index is 0.0297. The topological polar surface area (TPSA) is 113 Å². The molecule has 11 heteroatoms. The average Bonchev–Trinajstić information content (AvgIpc) is 3.13. The highest BCUT2D eigenvalue weighted by Crippen LogP contribution is 2.39. The molecule has 1 heterocycles. The molecule has 1 aromatic heterocycles. The van der Waals surface area contributed by atoms with E-state index in [9.17, 15) is 12.6 Å². The molecule has 0 aliphatic heterocycles. The molecule has 3 aromatic rings. The molecule has 30 heavy (non-hydrogen) atoms. The van der Waals surface area contributed by atoms with Crippen molar-refractivity contribution in [3.63, 3.8) is 0 Å². The lowest BCUT2D eigenvalue weighted by atomic mass is 10.2. The van der Waals surface area contributed by atoms with Crippen molar-refractivity contribution in [1.82, 2.24) is 0 Å². The molecule has 0 saturated carbocycles. The molecule has 0 saturated heterocycles. The zero-order valence-electron chi connectivity index (χ0n) is 16.0. The molecule has 0 amide bonds. The van der Waals surface area contributed by atoms with Crippen LogP contribution in [0.4, 0.5) is 0 Å². The minimum Gasteiger partial charge on any atom is -0.383 e. The van der Waals surface area contributed by atoms with Crippen LogP contribution in [0.25, 0.3) is 0 Å². The molecule has 0 aliphatic carbocycles. The smallest absolute Gasteiger partial charge is 0.290 e. The van der Waals surface area contributed by atoms with Crippen molar-refractivity contribution >= 4 is 64.6 Å². The molecule has 0 radical (unpaired) electrons. The molecule has 1 atom stereocenters. The van der Waals surface area contributed by atoms with Gasteiger partial charge in [-0.15, -0.1) is 23.1 Å². The zero-order valence-corrected chi connectivity index (χ0v) is 20.8. The Bertz CT molecular complexity index is 1360. The van der Waals surface area contributed by atoms with Gasteiger partial charge in [0.1, 0.15) is 15.6 Å². The zero-order chi connectivity index (χ0) is 22.1. The van der Waals surface area contributed by atoms with E-state index in [4.69, 9.17) is 11.1 Å². The van der Waals surface area contributed by atoms with E-state index in [2.05, 4.69) is 19.7 Å². The number of nitrogens with two attached hydrogens (primary N) is 1. The first kappa shape index (κ1) is 23.0. The minimum atomic E-state index is -4.24. The summed E-state index contributed by atoms with van der Waals surface area (Å²) in [5.41, 5.74) is 6.38. The Hall–Kier alpha value is -1.66. The lowest BCUT2D eigenvalue weighted by Gasteiger charge is -2.12. The Morgan fingerprint density at radius 2 is 1.77 bits per heavy atom. The second kappa shape index (κ2) is 8.83. The van der Waals surface area contributed by atoms with Gasteiger partial charge in [0.2, 0.25) is 0 Å². The van der Waals surface area contributed by atoms with Crippen LogP contribution in [0.1, 0.15) is 10.4 Å². The number of halogens is 1. The number of hydrogen-bond acceptors (Lipinski definition) is 6. The van der Waals surface area contributed by atoms with Crippen LogP contribution in [-0.4, -0.2) is 24.7 Å². The fraction of sp³-hybridized carbons (Fsp3) is 0.105. The Morgan fingerprint density at radius 1 is 1.10 bits per heavy atom. The van der Waals surface area contributed by atoms with E-state index >= 15 is 0 Å². The third kappa shape index (κ3) is 4.65. The van der Waals surface area contributed by atoms with Gasteiger partial charge in [-0.3, -0.25) is 5.41 Å². The van der Waals surface area contributed by atoms with E-state index in [0.29, 0.717) is 13.6 Å². The second-order valence-electron chi connectivity index (χ2n) is 6.23. The average molecular weight is 545 g/mol. The molecule has 3 rings (SSSR count). The number of benzene rings is 2. The maximum Gasteiger partial charge on any atom is 0.290 e. The van der Waals surface area contributed by atoms with E-state index < -0.39 is 19.8 Å². The van der Waals surface area contributed by atoms with Gasteiger partial charge < -0.3 is 5.73 Å². The lowest BCUT2D eigenvalue weighted by molar-refractivity contribution is 0.597. The maximum atomic E-state index is 14.3. The molecule has 2 aromatic carbocycles. The van der Waals surface area contributed by atoms with Gasteiger partial charge in [0.05, 0.1) is 23.8 Å². The normalized spacial score (nSPS) is 13.6. The van der Waals surface area contributed by atoms with Crippen LogP contribution in [0, 0.1) is 12.3 Å². The number of nitrogen functional groups attached to an aromatic ring is 1. The van der Waals surface area contributed by atoms with Gasteiger partial charge in [-0.1, -0.05) is 37.9 Å². The molecular formula is C19H18BrN3O3S4. The van der Waals surface area contributed by atoms with Crippen molar-refractivity contribution in [3.05, 3.63) is 69.5 Å². The molecule has 0 aliphatic rings. The highest BCUT2D eigenvalue weighted by Gasteiger charge is 2.27. The number of thiophene rings is 1. The van der Waals surface area contributed by atoms with E-state index in [1.165, 1.54) is 41.3 Å². The first-order valence-corrected chi connectivity index (χ1v) is 14.2. The van der Waals surface area contributed by atoms with E-state index in [1.54, 1.807) is 49.6 Å². The summed E-state index contributed by atoms with van der Waals surface area (Å²) in [5.74, 6) is -0.181. The molecule has 1 unspecified atom stereocenters. The number of amidine groups is 1. The van der Waals surface area contributed by atoms with Gasteiger partial charge in [0, 0.05) is 4.47 Å². The van der Waals surface area contributed by atoms with Crippen molar-refractivity contribution in [2.24, 2.45) is 9.50 Å². The number of aryl methyl sites for hydroxylation is 1. The van der Waals surface area contributed by atoms with Crippen molar-refractivity contribution in [3.8, 4) is 0 Å². The predicted octanol–water partition coefficient (Wildman–Crippen LogP) is 5.10. The summed E-state index contributed by atoms with van der Waals surface area (Å²) in [7, 11) is -7.84. The van der Waals surface area contributed by atoms with Gasteiger partial charge in [-0.05, 0) is 55.1 Å². The van der Waals surface area contributed by atoms with Gasteiger partial charge in [0.25, 0.3) is 10.0 Å². The fourth-order valence-electron chi connectivity index (χ4n) is 2.63. The Kier molecular flexibility index (Phi) is 6.78. The largest absolute Gasteiger partial charge is 0.383 e. The summed E-state index contributed by atoms with van der Waals surface area (Å²) in [5, 5.41) is 7.73. The van der Waals surface area contributed by atoms with Crippen LogP contribution in [0.5, 0.6) is 0 Å². The second-order valence-corrected chi connectivity index (χ2v) is 13.3. The highest BCUT2D eigenvalue weighted by molar-refractivity contribution is 9.10. The molecule has 158 valence electrons. The van der Waals surface area contributed by atoms with Crippen LogP contribution in [-0.2, 0) is 19.8 Å². The van der Waals surface area contributed by atoms with Crippen molar-refractivity contribution in [1.29, 1.82) is 5.41 Å². The molecule has 0 fully saturated rings. The Morgan fingerprint density at radius 3 is 2.37 bits per heavy atom. The number of hydrogen-bond donors (Lipinski definition) is 2. The monoisotopic (exact) mass is 543 g/mol. The summed E-state index contributed by atoms with van der Waals surface area (Å²) < 4.78 is 45.8. The summed E-state index contributed by atoms with van der Waals surface area (Å²) in [6.07, 6.45) is 1.79. The van der Waals surface area contributed by atoms with Crippen LogP contribution in [0.2, 0.25) is 0 Å². The van der Waals surface area contributed by atoms with Crippen molar-refractivity contribution < 1.29 is 12.6 Å². The standard InChI is InChI=1S/C19H18BrN3O3S4/c1-12-5-3-8-15(9-12)30(25,26)23-29(24,14-7-4-6-13(20)10-14)17-11-16(18(21)22)28-19(17)27-2/h3-11H,1-2H3,(H3,21,22). The van der Waals surface area contributed by atoms with Crippen molar-refractivity contribution in [2.75, 3.05) is 6.26 Å². The summed E-state index contributed by atoms with van der Waals surface area (Å²) >= 11 is 5.84. The van der Waals surface area contributed by atoms with Crippen LogP contribution < -0.4 is 5.73 Å². The number of thioether (sulfide) groups is 1. The maximum absolute atomic E-state index is 14.3. The Balaban J connectivity index is 2.39. The van der Waals surface area contributed by atoms with E-state index in [-0.39, 0.29) is 20.5 Å². The summed E-state index contributed by atoms with van der Waals surface area (Å²) in [6, 6.07) is 14.4. The Labute approximate surface area is 192 Å².